The molecule has 1 nitrogen and oxygen atoms in total. The average molecular weight is 239 g/mol. The molecule has 0 amide bonds. The zero-order chi connectivity index (χ0) is 13.1. The highest BCUT2D eigenvalue weighted by Gasteiger charge is 2.34. The third-order valence-corrected chi connectivity index (χ3v) is 5.02. The first-order chi connectivity index (χ1) is 7.79. The molecule has 0 bridgehead atoms. The van der Waals surface area contributed by atoms with Crippen molar-refractivity contribution in [2.75, 3.05) is 13.1 Å². The van der Waals surface area contributed by atoms with Gasteiger partial charge >= 0.3 is 0 Å². The summed E-state index contributed by atoms with van der Waals surface area (Å²) in [6.07, 6.45) is 5.38. The van der Waals surface area contributed by atoms with Crippen molar-refractivity contribution in [1.82, 2.24) is 5.32 Å². The molecule has 17 heavy (non-hydrogen) atoms. The molecule has 0 aromatic rings. The van der Waals surface area contributed by atoms with Crippen LogP contribution in [0.4, 0.5) is 0 Å². The fourth-order valence-electron chi connectivity index (χ4n) is 2.97. The Bertz CT molecular complexity index is 206. The molecule has 2 unspecified atom stereocenters. The molecular formula is C16H33N. The van der Waals surface area contributed by atoms with E-state index < -0.39 is 0 Å². The van der Waals surface area contributed by atoms with Crippen molar-refractivity contribution in [3.8, 4) is 0 Å². The van der Waals surface area contributed by atoms with Crippen LogP contribution in [0.15, 0.2) is 0 Å². The van der Waals surface area contributed by atoms with Gasteiger partial charge in [-0.1, -0.05) is 54.4 Å². The van der Waals surface area contributed by atoms with E-state index in [4.69, 9.17) is 0 Å². The lowest BCUT2D eigenvalue weighted by atomic mass is 9.72. The molecule has 1 heteroatoms. The standard InChI is InChI=1S/C16H33N/c1-7-15(3,4)9-13-11-17-12-14(13)10-16(5,6)8-2/h13-14,17H,7-12H2,1-6H3. The fraction of sp³-hybridized carbons (Fsp3) is 1.00. The summed E-state index contributed by atoms with van der Waals surface area (Å²) in [5.74, 6) is 1.80. The van der Waals surface area contributed by atoms with Gasteiger partial charge < -0.3 is 5.32 Å². The van der Waals surface area contributed by atoms with Crippen LogP contribution in [0.3, 0.4) is 0 Å². The minimum absolute atomic E-state index is 0.519. The maximum absolute atomic E-state index is 3.62. The molecule has 2 atom stereocenters. The Hall–Kier alpha value is -0.0400. The van der Waals surface area contributed by atoms with E-state index >= 15 is 0 Å². The van der Waals surface area contributed by atoms with Crippen molar-refractivity contribution in [3.05, 3.63) is 0 Å². The largest absolute Gasteiger partial charge is 0.316 e. The maximum Gasteiger partial charge on any atom is -0.00171 e. The van der Waals surface area contributed by atoms with Crippen LogP contribution < -0.4 is 5.32 Å². The van der Waals surface area contributed by atoms with Gasteiger partial charge in [-0.25, -0.2) is 0 Å². The van der Waals surface area contributed by atoms with Gasteiger partial charge in [-0.05, 0) is 48.6 Å². The van der Waals surface area contributed by atoms with Crippen molar-refractivity contribution >= 4 is 0 Å². The van der Waals surface area contributed by atoms with Crippen molar-refractivity contribution in [3.63, 3.8) is 0 Å². The van der Waals surface area contributed by atoms with Crippen LogP contribution in [-0.4, -0.2) is 13.1 Å². The summed E-state index contributed by atoms with van der Waals surface area (Å²) in [5.41, 5.74) is 1.04. The minimum Gasteiger partial charge on any atom is -0.316 e. The highest BCUT2D eigenvalue weighted by atomic mass is 14.9. The van der Waals surface area contributed by atoms with Crippen molar-refractivity contribution in [2.24, 2.45) is 22.7 Å². The van der Waals surface area contributed by atoms with Gasteiger partial charge in [0.2, 0.25) is 0 Å². The number of rotatable bonds is 6. The molecule has 0 saturated carbocycles. The summed E-state index contributed by atoms with van der Waals surface area (Å²) in [6, 6.07) is 0. The molecule has 1 fully saturated rings. The van der Waals surface area contributed by atoms with Gasteiger partial charge in [0, 0.05) is 0 Å². The van der Waals surface area contributed by atoms with Crippen LogP contribution >= 0.6 is 0 Å². The molecular weight excluding hydrogens is 206 g/mol. The van der Waals surface area contributed by atoms with Crippen LogP contribution in [0.2, 0.25) is 0 Å². The van der Waals surface area contributed by atoms with E-state index in [0.29, 0.717) is 10.8 Å². The predicted molar refractivity (Wildman–Crippen MR) is 77.2 cm³/mol. The van der Waals surface area contributed by atoms with E-state index in [1.807, 2.05) is 0 Å². The quantitative estimate of drug-likeness (QED) is 0.721. The van der Waals surface area contributed by atoms with Gasteiger partial charge in [-0.15, -0.1) is 0 Å². The highest BCUT2D eigenvalue weighted by Crippen LogP contribution is 2.39. The smallest absolute Gasteiger partial charge is 0.00171 e. The predicted octanol–water partition coefficient (Wildman–Crippen LogP) is 4.47. The Kier molecular flexibility index (Phi) is 5.07. The lowest BCUT2D eigenvalue weighted by Crippen LogP contribution is -2.25. The normalized spacial score (nSPS) is 26.5. The highest BCUT2D eigenvalue weighted by molar-refractivity contribution is 4.87. The summed E-state index contributed by atoms with van der Waals surface area (Å²) < 4.78 is 0. The van der Waals surface area contributed by atoms with Crippen molar-refractivity contribution < 1.29 is 0 Å². The SMILES string of the molecule is CCC(C)(C)CC1CNCC1CC(C)(C)CC. The molecule has 0 aliphatic carbocycles. The molecule has 1 aliphatic rings. The number of nitrogens with one attached hydrogen (secondary N) is 1. The molecule has 0 aromatic heterocycles. The monoisotopic (exact) mass is 239 g/mol. The van der Waals surface area contributed by atoms with Gasteiger partial charge in [-0.3, -0.25) is 0 Å². The van der Waals surface area contributed by atoms with Crippen molar-refractivity contribution in [2.45, 2.75) is 67.2 Å². The molecule has 1 aliphatic heterocycles. The second-order valence-corrected chi connectivity index (χ2v) is 7.62. The van der Waals surface area contributed by atoms with E-state index in [0.717, 1.165) is 11.8 Å². The van der Waals surface area contributed by atoms with E-state index in [-0.39, 0.29) is 0 Å². The first-order valence-electron chi connectivity index (χ1n) is 7.50. The second kappa shape index (κ2) is 5.73. The van der Waals surface area contributed by atoms with Gasteiger partial charge in [0.15, 0.2) is 0 Å². The van der Waals surface area contributed by atoms with Gasteiger partial charge in [0.05, 0.1) is 0 Å². The van der Waals surface area contributed by atoms with Gasteiger partial charge in [0.1, 0.15) is 0 Å². The lowest BCUT2D eigenvalue weighted by molar-refractivity contribution is 0.183. The first-order valence-corrected chi connectivity index (χ1v) is 7.50. The summed E-state index contributed by atoms with van der Waals surface area (Å²) in [4.78, 5) is 0. The van der Waals surface area contributed by atoms with E-state index in [9.17, 15) is 0 Å². The summed E-state index contributed by atoms with van der Waals surface area (Å²) in [5, 5.41) is 3.62. The first kappa shape index (κ1) is 15.0. The molecule has 102 valence electrons. The Morgan fingerprint density at radius 2 is 1.18 bits per heavy atom. The lowest BCUT2D eigenvalue weighted by Gasteiger charge is -2.33. The maximum atomic E-state index is 3.62. The van der Waals surface area contributed by atoms with E-state index in [1.54, 1.807) is 0 Å². The number of hydrogen-bond acceptors (Lipinski definition) is 1. The topological polar surface area (TPSA) is 12.0 Å². The third kappa shape index (κ3) is 4.62. The zero-order valence-corrected chi connectivity index (χ0v) is 12.9. The fourth-order valence-corrected chi connectivity index (χ4v) is 2.97. The molecule has 0 radical (unpaired) electrons. The third-order valence-electron chi connectivity index (χ3n) is 5.02. The Labute approximate surface area is 109 Å². The summed E-state index contributed by atoms with van der Waals surface area (Å²) in [6.45, 7) is 16.8. The van der Waals surface area contributed by atoms with Crippen LogP contribution in [-0.2, 0) is 0 Å². The summed E-state index contributed by atoms with van der Waals surface area (Å²) >= 11 is 0. The molecule has 1 N–H and O–H groups in total. The summed E-state index contributed by atoms with van der Waals surface area (Å²) in [7, 11) is 0. The van der Waals surface area contributed by atoms with Crippen LogP contribution in [0.5, 0.6) is 0 Å². The molecule has 0 aromatic carbocycles. The van der Waals surface area contributed by atoms with Crippen LogP contribution in [0.25, 0.3) is 0 Å². The van der Waals surface area contributed by atoms with Gasteiger partial charge in [-0.2, -0.15) is 0 Å². The van der Waals surface area contributed by atoms with E-state index in [1.165, 1.54) is 38.8 Å². The molecule has 1 rings (SSSR count). The average Bonchev–Trinajstić information content (AvgIpc) is 2.64. The Balaban J connectivity index is 2.55. The molecule has 0 spiro atoms. The minimum atomic E-state index is 0.519. The molecule has 1 saturated heterocycles. The van der Waals surface area contributed by atoms with Crippen LogP contribution in [0.1, 0.15) is 67.2 Å². The number of hydrogen-bond donors (Lipinski definition) is 1. The Morgan fingerprint density at radius 3 is 1.47 bits per heavy atom. The van der Waals surface area contributed by atoms with Crippen LogP contribution in [0, 0.1) is 22.7 Å². The van der Waals surface area contributed by atoms with E-state index in [2.05, 4.69) is 46.9 Å². The van der Waals surface area contributed by atoms with Crippen molar-refractivity contribution in [1.29, 1.82) is 0 Å². The Morgan fingerprint density at radius 1 is 0.824 bits per heavy atom. The second-order valence-electron chi connectivity index (χ2n) is 7.62. The zero-order valence-electron chi connectivity index (χ0n) is 12.9. The molecule has 1 heterocycles. The van der Waals surface area contributed by atoms with Gasteiger partial charge in [0.25, 0.3) is 0 Å².